The summed E-state index contributed by atoms with van der Waals surface area (Å²) in [7, 11) is 0. The van der Waals surface area contributed by atoms with Crippen LogP contribution in [0.5, 0.6) is 0 Å². The lowest BCUT2D eigenvalue weighted by Crippen LogP contribution is -2.51. The van der Waals surface area contributed by atoms with Crippen LogP contribution in [-0.2, 0) is 4.79 Å². The molecule has 100 valence electrons. The number of amides is 1. The summed E-state index contributed by atoms with van der Waals surface area (Å²) in [4.78, 5) is 27.3. The number of nitrogens with zero attached hydrogens (tertiary/aromatic N) is 2. The number of nitrogens with one attached hydrogen (secondary N) is 1. The molecule has 0 aromatic carbocycles. The van der Waals surface area contributed by atoms with Gasteiger partial charge in [-0.1, -0.05) is 6.92 Å². The van der Waals surface area contributed by atoms with E-state index in [0.29, 0.717) is 12.0 Å². The zero-order valence-corrected chi connectivity index (χ0v) is 10.8. The first-order valence-corrected chi connectivity index (χ1v) is 5.95. The fourth-order valence-electron chi connectivity index (χ4n) is 1.67. The maximum Gasteiger partial charge on any atom is 0.329 e. The number of imidazole rings is 1. The van der Waals surface area contributed by atoms with Crippen LogP contribution in [0.2, 0.25) is 0 Å². The Hall–Kier alpha value is -2.37. The number of aromatic nitrogens is 2. The lowest BCUT2D eigenvalue weighted by atomic mass is 9.99. The molecule has 1 atom stereocenters. The van der Waals surface area contributed by atoms with Crippen molar-refractivity contribution in [1.29, 1.82) is 0 Å². The third kappa shape index (κ3) is 2.42. The third-order valence-electron chi connectivity index (χ3n) is 3.22. The van der Waals surface area contributed by atoms with Gasteiger partial charge in [0.2, 0.25) is 0 Å². The molecule has 1 unspecified atom stereocenters. The van der Waals surface area contributed by atoms with Crippen LogP contribution in [-0.4, -0.2) is 31.9 Å². The van der Waals surface area contributed by atoms with Crippen LogP contribution >= 0.6 is 0 Å². The number of carbonyl (C=O) groups is 2. The van der Waals surface area contributed by atoms with Gasteiger partial charge in [-0.2, -0.15) is 0 Å². The molecule has 0 fully saturated rings. The number of hydrogen-bond acceptors (Lipinski definition) is 3. The van der Waals surface area contributed by atoms with Gasteiger partial charge in [0, 0.05) is 18.6 Å². The molecular weight excluding hydrogens is 246 g/mol. The van der Waals surface area contributed by atoms with E-state index in [1.165, 1.54) is 6.92 Å². The first-order chi connectivity index (χ1) is 8.96. The van der Waals surface area contributed by atoms with Crippen LogP contribution < -0.4 is 5.32 Å². The molecular formula is C13H15N3O3. The van der Waals surface area contributed by atoms with Crippen LogP contribution in [0, 0.1) is 0 Å². The fourth-order valence-corrected chi connectivity index (χ4v) is 1.67. The Kier molecular flexibility index (Phi) is 3.25. The SMILES string of the molecule is CCC(C)(NC(=O)c1ccc2nccn2c1)C(=O)O. The molecule has 2 heterocycles. The molecule has 0 saturated carbocycles. The number of hydrogen-bond donors (Lipinski definition) is 2. The molecule has 6 heteroatoms. The van der Waals surface area contributed by atoms with E-state index in [1.54, 1.807) is 42.0 Å². The first-order valence-electron chi connectivity index (χ1n) is 5.95. The second kappa shape index (κ2) is 4.72. The number of carbonyl (C=O) groups excluding carboxylic acids is 1. The normalized spacial score (nSPS) is 14.0. The Labute approximate surface area is 110 Å². The average Bonchev–Trinajstić information content (AvgIpc) is 2.85. The molecule has 0 radical (unpaired) electrons. The Balaban J connectivity index is 2.26. The van der Waals surface area contributed by atoms with E-state index in [0.717, 1.165) is 5.65 Å². The number of fused-ring (bicyclic) bond motifs is 1. The summed E-state index contributed by atoms with van der Waals surface area (Å²) in [6.45, 7) is 3.20. The van der Waals surface area contributed by atoms with Crippen LogP contribution in [0.1, 0.15) is 30.6 Å². The topological polar surface area (TPSA) is 83.7 Å². The first kappa shape index (κ1) is 13.1. The maximum absolute atomic E-state index is 12.1. The van der Waals surface area contributed by atoms with Gasteiger partial charge in [0.1, 0.15) is 11.2 Å². The lowest BCUT2D eigenvalue weighted by Gasteiger charge is -2.24. The average molecular weight is 261 g/mol. The summed E-state index contributed by atoms with van der Waals surface area (Å²) in [6, 6.07) is 3.33. The quantitative estimate of drug-likeness (QED) is 0.869. The van der Waals surface area contributed by atoms with Crippen molar-refractivity contribution in [1.82, 2.24) is 14.7 Å². The van der Waals surface area contributed by atoms with E-state index in [-0.39, 0.29) is 0 Å². The summed E-state index contributed by atoms with van der Waals surface area (Å²) in [5, 5.41) is 11.7. The Morgan fingerprint density at radius 1 is 1.47 bits per heavy atom. The van der Waals surface area contributed by atoms with Crippen molar-refractivity contribution in [3.8, 4) is 0 Å². The summed E-state index contributed by atoms with van der Waals surface area (Å²) < 4.78 is 1.71. The van der Waals surface area contributed by atoms with E-state index in [9.17, 15) is 9.59 Å². The van der Waals surface area contributed by atoms with Gasteiger partial charge in [-0.15, -0.1) is 0 Å². The number of pyridine rings is 1. The van der Waals surface area contributed by atoms with E-state index in [2.05, 4.69) is 10.3 Å². The highest BCUT2D eigenvalue weighted by Crippen LogP contribution is 2.12. The molecule has 2 N–H and O–H groups in total. The van der Waals surface area contributed by atoms with Crippen LogP contribution in [0.3, 0.4) is 0 Å². The van der Waals surface area contributed by atoms with Gasteiger partial charge >= 0.3 is 5.97 Å². The summed E-state index contributed by atoms with van der Waals surface area (Å²) in [6.07, 6.45) is 5.28. The van der Waals surface area contributed by atoms with Gasteiger partial charge < -0.3 is 14.8 Å². The molecule has 2 rings (SSSR count). The highest BCUT2D eigenvalue weighted by molar-refractivity contribution is 5.97. The van der Waals surface area contributed by atoms with E-state index < -0.39 is 17.4 Å². The zero-order chi connectivity index (χ0) is 14.0. The highest BCUT2D eigenvalue weighted by Gasteiger charge is 2.33. The fraction of sp³-hybridized carbons (Fsp3) is 0.308. The number of carboxylic acid groups (broad SMARTS) is 1. The molecule has 0 aliphatic carbocycles. The number of carboxylic acids is 1. The van der Waals surface area contributed by atoms with E-state index in [1.807, 2.05) is 0 Å². The highest BCUT2D eigenvalue weighted by atomic mass is 16.4. The summed E-state index contributed by atoms with van der Waals surface area (Å²) in [5.41, 5.74) is -0.138. The third-order valence-corrected chi connectivity index (χ3v) is 3.22. The largest absolute Gasteiger partial charge is 0.480 e. The van der Waals surface area contributed by atoms with Crippen molar-refractivity contribution < 1.29 is 14.7 Å². The smallest absolute Gasteiger partial charge is 0.329 e. The monoisotopic (exact) mass is 261 g/mol. The van der Waals surface area contributed by atoms with Crippen molar-refractivity contribution in [3.63, 3.8) is 0 Å². The summed E-state index contributed by atoms with van der Waals surface area (Å²) in [5.74, 6) is -1.46. The lowest BCUT2D eigenvalue weighted by molar-refractivity contribution is -0.143. The number of aliphatic carboxylic acids is 1. The Bertz CT molecular complexity index is 635. The molecule has 0 aliphatic heterocycles. The molecule has 2 aromatic rings. The molecule has 0 aliphatic rings. The van der Waals surface area contributed by atoms with E-state index in [4.69, 9.17) is 5.11 Å². The minimum atomic E-state index is -1.26. The van der Waals surface area contributed by atoms with Gasteiger partial charge in [0.05, 0.1) is 5.56 Å². The minimum absolute atomic E-state index is 0.307. The predicted molar refractivity (Wildman–Crippen MR) is 69.0 cm³/mol. The van der Waals surface area contributed by atoms with Gasteiger partial charge in [0.25, 0.3) is 5.91 Å². The second-order valence-corrected chi connectivity index (χ2v) is 4.56. The Morgan fingerprint density at radius 3 is 2.84 bits per heavy atom. The van der Waals surface area contributed by atoms with Gasteiger partial charge in [0.15, 0.2) is 0 Å². The van der Waals surface area contributed by atoms with Gasteiger partial charge in [-0.3, -0.25) is 4.79 Å². The molecule has 2 aromatic heterocycles. The van der Waals surface area contributed by atoms with E-state index >= 15 is 0 Å². The van der Waals surface area contributed by atoms with Gasteiger partial charge in [-0.05, 0) is 25.5 Å². The van der Waals surface area contributed by atoms with Crippen molar-refractivity contribution >= 4 is 17.5 Å². The molecule has 1 amide bonds. The van der Waals surface area contributed by atoms with Crippen LogP contribution in [0.25, 0.3) is 5.65 Å². The minimum Gasteiger partial charge on any atom is -0.480 e. The standard InChI is InChI=1S/C13H15N3O3/c1-3-13(2,12(18)19)15-11(17)9-4-5-10-14-6-7-16(10)8-9/h4-8H,3H2,1-2H3,(H,15,17)(H,18,19). The van der Waals surface area contributed by atoms with Crippen LogP contribution in [0.4, 0.5) is 0 Å². The van der Waals surface area contributed by atoms with Crippen LogP contribution in [0.15, 0.2) is 30.7 Å². The van der Waals surface area contributed by atoms with Crippen molar-refractivity contribution in [2.75, 3.05) is 0 Å². The molecule has 0 spiro atoms. The Morgan fingerprint density at radius 2 is 2.21 bits per heavy atom. The molecule has 6 nitrogen and oxygen atoms in total. The molecule has 0 bridgehead atoms. The van der Waals surface area contributed by atoms with Crippen molar-refractivity contribution in [2.24, 2.45) is 0 Å². The molecule has 0 saturated heterocycles. The molecule has 19 heavy (non-hydrogen) atoms. The van der Waals surface area contributed by atoms with Crippen molar-refractivity contribution in [3.05, 3.63) is 36.3 Å². The zero-order valence-electron chi connectivity index (χ0n) is 10.8. The van der Waals surface area contributed by atoms with Gasteiger partial charge in [-0.25, -0.2) is 9.78 Å². The maximum atomic E-state index is 12.1. The van der Waals surface area contributed by atoms with Crippen molar-refractivity contribution in [2.45, 2.75) is 25.8 Å². The predicted octanol–water partition coefficient (Wildman–Crippen LogP) is 1.32. The second-order valence-electron chi connectivity index (χ2n) is 4.56. The number of rotatable bonds is 4. The summed E-state index contributed by atoms with van der Waals surface area (Å²) >= 11 is 0.